The van der Waals surface area contributed by atoms with Crippen molar-refractivity contribution in [3.63, 3.8) is 0 Å². The molecule has 2 heterocycles. The van der Waals surface area contributed by atoms with Gasteiger partial charge in [0.25, 0.3) is 0 Å². The van der Waals surface area contributed by atoms with Crippen LogP contribution < -0.4 is 0 Å². The minimum atomic E-state index is -3.63. The van der Waals surface area contributed by atoms with Gasteiger partial charge in [0.05, 0.1) is 0 Å². The highest BCUT2D eigenvalue weighted by Crippen LogP contribution is 2.45. The van der Waals surface area contributed by atoms with Crippen LogP contribution in [-0.2, 0) is 29.4 Å². The highest BCUT2D eigenvalue weighted by Gasteiger charge is 2.62. The standard InChI is InChI=1S/C17H29N3O7S2/c1-16(2,3)27-15(22)18-7-9-20(10-8-18)29(25,26)13-11-19(12-13)14(21)17(5-6-17)28(4,23)24/h13H,5-12H2,1-4H3. The number of carbonyl (C=O) groups is 2. The molecule has 2 aliphatic heterocycles. The molecule has 2 saturated heterocycles. The SMILES string of the molecule is CC(C)(C)OC(=O)N1CCN(S(=O)(=O)C2CN(C(=O)C3(S(C)(=O)=O)CC3)C2)CC1. The minimum absolute atomic E-state index is 0.00468. The van der Waals surface area contributed by atoms with Crippen LogP contribution in [0.1, 0.15) is 33.6 Å². The second-order valence-electron chi connectivity index (χ2n) is 9.01. The number of nitrogens with zero attached hydrogens (tertiary/aromatic N) is 3. The Labute approximate surface area is 172 Å². The van der Waals surface area contributed by atoms with Crippen molar-refractivity contribution < 1.29 is 31.2 Å². The molecule has 3 fully saturated rings. The molecular formula is C17H29N3O7S2. The Kier molecular flexibility index (Phi) is 5.45. The maximum absolute atomic E-state index is 12.8. The Hall–Kier alpha value is -1.40. The molecule has 12 heteroatoms. The third-order valence-electron chi connectivity index (χ3n) is 5.61. The van der Waals surface area contributed by atoms with Crippen LogP contribution in [0.5, 0.6) is 0 Å². The van der Waals surface area contributed by atoms with Gasteiger partial charge in [-0.3, -0.25) is 4.79 Å². The Balaban J connectivity index is 1.53. The number of carbonyl (C=O) groups excluding carboxylic acids is 2. The van der Waals surface area contributed by atoms with E-state index in [1.54, 1.807) is 20.8 Å². The molecule has 0 N–H and O–H groups in total. The molecule has 1 aliphatic carbocycles. The molecule has 1 saturated carbocycles. The first kappa shape index (κ1) is 22.3. The van der Waals surface area contributed by atoms with E-state index in [1.165, 1.54) is 14.1 Å². The highest BCUT2D eigenvalue weighted by atomic mass is 32.2. The van der Waals surface area contributed by atoms with Gasteiger partial charge in [0.1, 0.15) is 10.9 Å². The van der Waals surface area contributed by atoms with Crippen molar-refractivity contribution in [3.8, 4) is 0 Å². The number of piperazine rings is 1. The summed E-state index contributed by atoms with van der Waals surface area (Å²) in [5.41, 5.74) is -0.618. The number of amides is 2. The van der Waals surface area contributed by atoms with E-state index in [0.29, 0.717) is 12.8 Å². The van der Waals surface area contributed by atoms with Crippen molar-refractivity contribution in [1.29, 1.82) is 0 Å². The lowest BCUT2D eigenvalue weighted by molar-refractivity contribution is -0.134. The fraction of sp³-hybridized carbons (Fsp3) is 0.882. The van der Waals surface area contributed by atoms with Crippen molar-refractivity contribution in [2.24, 2.45) is 0 Å². The molecule has 166 valence electrons. The predicted molar refractivity (Wildman–Crippen MR) is 105 cm³/mol. The summed E-state index contributed by atoms with van der Waals surface area (Å²) in [5.74, 6) is -0.485. The molecular weight excluding hydrogens is 422 g/mol. The molecule has 3 rings (SSSR count). The Morgan fingerprint density at radius 3 is 1.86 bits per heavy atom. The third-order valence-corrected chi connectivity index (χ3v) is 9.84. The molecule has 2 amide bonds. The van der Waals surface area contributed by atoms with Gasteiger partial charge < -0.3 is 14.5 Å². The van der Waals surface area contributed by atoms with Crippen LogP contribution >= 0.6 is 0 Å². The van der Waals surface area contributed by atoms with E-state index in [0.717, 1.165) is 6.26 Å². The summed E-state index contributed by atoms with van der Waals surface area (Å²) < 4.78 is 54.7. The fourth-order valence-electron chi connectivity index (χ4n) is 3.60. The number of sulfonamides is 1. The van der Waals surface area contributed by atoms with Gasteiger partial charge in [-0.05, 0) is 33.6 Å². The number of sulfone groups is 1. The summed E-state index contributed by atoms with van der Waals surface area (Å²) in [7, 11) is -7.14. The summed E-state index contributed by atoms with van der Waals surface area (Å²) in [5, 5.41) is -0.741. The molecule has 0 spiro atoms. The van der Waals surface area contributed by atoms with Crippen LogP contribution in [0.25, 0.3) is 0 Å². The van der Waals surface area contributed by atoms with E-state index in [9.17, 15) is 26.4 Å². The zero-order valence-electron chi connectivity index (χ0n) is 17.3. The quantitative estimate of drug-likeness (QED) is 0.573. The summed E-state index contributed by atoms with van der Waals surface area (Å²) in [4.78, 5) is 27.4. The number of likely N-dealkylation sites (tertiary alicyclic amines) is 1. The van der Waals surface area contributed by atoms with E-state index in [4.69, 9.17) is 4.74 Å². The second-order valence-corrected chi connectivity index (χ2v) is 13.5. The van der Waals surface area contributed by atoms with Gasteiger partial charge in [0, 0.05) is 45.5 Å². The molecule has 0 aromatic carbocycles. The second kappa shape index (κ2) is 7.09. The molecule has 0 aromatic heterocycles. The van der Waals surface area contributed by atoms with Gasteiger partial charge in [0.15, 0.2) is 14.6 Å². The number of hydrogen-bond donors (Lipinski definition) is 0. The zero-order chi connectivity index (χ0) is 21.8. The molecule has 0 radical (unpaired) electrons. The lowest BCUT2D eigenvalue weighted by Crippen LogP contribution is -2.64. The van der Waals surface area contributed by atoms with E-state index >= 15 is 0 Å². The normalized spacial score (nSPS) is 23.4. The fourth-order valence-corrected chi connectivity index (χ4v) is 6.72. The molecule has 10 nitrogen and oxygen atoms in total. The first-order chi connectivity index (χ1) is 13.2. The molecule has 0 unspecified atom stereocenters. The summed E-state index contributed by atoms with van der Waals surface area (Å²) in [6.45, 7) is 6.12. The lowest BCUT2D eigenvalue weighted by atomic mass is 10.2. The van der Waals surface area contributed by atoms with Gasteiger partial charge >= 0.3 is 6.09 Å². The molecule has 3 aliphatic rings. The van der Waals surface area contributed by atoms with Gasteiger partial charge in [-0.25, -0.2) is 21.6 Å². The van der Waals surface area contributed by atoms with Crippen molar-refractivity contribution in [1.82, 2.24) is 14.1 Å². The summed E-state index contributed by atoms with van der Waals surface area (Å²) >= 11 is 0. The van der Waals surface area contributed by atoms with E-state index in [-0.39, 0.29) is 39.3 Å². The topological polar surface area (TPSA) is 121 Å². The lowest BCUT2D eigenvalue weighted by Gasteiger charge is -2.43. The van der Waals surface area contributed by atoms with Gasteiger partial charge in [-0.15, -0.1) is 0 Å². The largest absolute Gasteiger partial charge is 0.444 e. The van der Waals surface area contributed by atoms with Crippen LogP contribution in [0.15, 0.2) is 0 Å². The maximum Gasteiger partial charge on any atom is 0.410 e. The van der Waals surface area contributed by atoms with Crippen LogP contribution in [0.2, 0.25) is 0 Å². The van der Waals surface area contributed by atoms with E-state index in [2.05, 4.69) is 0 Å². The Morgan fingerprint density at radius 2 is 1.45 bits per heavy atom. The van der Waals surface area contributed by atoms with Gasteiger partial charge in [-0.1, -0.05) is 0 Å². The van der Waals surface area contributed by atoms with Crippen LogP contribution in [0.3, 0.4) is 0 Å². The average molecular weight is 452 g/mol. The molecule has 0 bridgehead atoms. The summed E-state index contributed by atoms with van der Waals surface area (Å²) in [6, 6.07) is 0. The van der Waals surface area contributed by atoms with Gasteiger partial charge in [-0.2, -0.15) is 4.31 Å². The summed E-state index contributed by atoms with van der Waals surface area (Å²) in [6.07, 6.45) is 1.18. The van der Waals surface area contributed by atoms with Crippen molar-refractivity contribution in [2.75, 3.05) is 45.5 Å². The molecule has 29 heavy (non-hydrogen) atoms. The van der Waals surface area contributed by atoms with Crippen LogP contribution in [-0.4, -0.2) is 104 Å². The van der Waals surface area contributed by atoms with E-state index < -0.39 is 47.5 Å². The smallest absolute Gasteiger partial charge is 0.410 e. The van der Waals surface area contributed by atoms with Crippen molar-refractivity contribution in [2.45, 2.75) is 49.2 Å². The highest BCUT2D eigenvalue weighted by molar-refractivity contribution is 7.93. The Bertz CT molecular complexity index is 890. The Morgan fingerprint density at radius 1 is 0.931 bits per heavy atom. The van der Waals surface area contributed by atoms with Crippen molar-refractivity contribution in [3.05, 3.63) is 0 Å². The zero-order valence-corrected chi connectivity index (χ0v) is 18.9. The number of rotatable bonds is 4. The van der Waals surface area contributed by atoms with E-state index in [1.807, 2.05) is 0 Å². The minimum Gasteiger partial charge on any atom is -0.444 e. The molecule has 0 aromatic rings. The predicted octanol–water partition coefficient (Wildman–Crippen LogP) is -0.343. The third kappa shape index (κ3) is 4.24. The molecule has 0 atom stereocenters. The number of ether oxygens (including phenoxy) is 1. The van der Waals surface area contributed by atoms with Crippen molar-refractivity contribution >= 4 is 31.9 Å². The average Bonchev–Trinajstić information content (AvgIpc) is 3.33. The van der Waals surface area contributed by atoms with Crippen LogP contribution in [0.4, 0.5) is 4.79 Å². The van der Waals surface area contributed by atoms with Gasteiger partial charge in [0.2, 0.25) is 15.9 Å². The van der Waals surface area contributed by atoms with Crippen LogP contribution in [0, 0.1) is 0 Å². The number of hydrogen-bond acceptors (Lipinski definition) is 7. The monoisotopic (exact) mass is 451 g/mol. The first-order valence-corrected chi connectivity index (χ1v) is 13.0. The first-order valence-electron chi connectivity index (χ1n) is 9.63. The maximum atomic E-state index is 12.8.